The summed E-state index contributed by atoms with van der Waals surface area (Å²) in [5.41, 5.74) is -3.29. The number of halogens is 4. The first kappa shape index (κ1) is 15.0. The molecule has 0 unspecified atom stereocenters. The second kappa shape index (κ2) is 4.82. The van der Waals surface area contributed by atoms with Gasteiger partial charge in [0.15, 0.2) is 0 Å². The molecule has 1 amide bonds. The molecule has 3 nitrogen and oxygen atoms in total. The number of fused-ring (bicyclic) bond motifs is 1. The Morgan fingerprint density at radius 2 is 2.14 bits per heavy atom. The number of carbonyl (C=O) groups is 1. The van der Waals surface area contributed by atoms with Crippen LogP contribution in [0, 0.1) is 23.7 Å². The van der Waals surface area contributed by atoms with Crippen LogP contribution in [0.15, 0.2) is 18.2 Å². The van der Waals surface area contributed by atoms with E-state index in [9.17, 15) is 18.0 Å². The normalized spacial score (nSPS) is 29.6. The molecule has 1 aliphatic carbocycles. The number of hydrogen-bond donors (Lipinski definition) is 1. The molecule has 1 N–H and O–H groups in total. The Kier molecular flexibility index (Phi) is 3.29. The molecular weight excluding hydrogens is 319 g/mol. The summed E-state index contributed by atoms with van der Waals surface area (Å²) < 4.78 is 45.7. The van der Waals surface area contributed by atoms with Gasteiger partial charge in [0.1, 0.15) is 0 Å². The van der Waals surface area contributed by atoms with Crippen LogP contribution < -0.4 is 5.32 Å². The molecule has 0 bridgehead atoms. The van der Waals surface area contributed by atoms with Crippen LogP contribution in [0.4, 0.5) is 23.7 Å². The average Bonchev–Trinajstić information content (AvgIpc) is 3.11. The molecule has 2 aliphatic rings. The number of rotatable bonds is 0. The molecule has 7 heteroatoms. The Morgan fingerprint density at radius 1 is 1.45 bits per heavy atom. The molecule has 116 valence electrons. The van der Waals surface area contributed by atoms with E-state index < -0.39 is 17.9 Å². The highest BCUT2D eigenvalue weighted by atomic mass is 35.5. The average molecular weight is 330 g/mol. The second-order valence-electron chi connectivity index (χ2n) is 5.47. The molecule has 0 radical (unpaired) electrons. The van der Waals surface area contributed by atoms with Gasteiger partial charge >= 0.3 is 12.3 Å². The minimum absolute atomic E-state index is 0.00359. The van der Waals surface area contributed by atoms with Gasteiger partial charge in [0, 0.05) is 16.5 Å². The van der Waals surface area contributed by atoms with Gasteiger partial charge in [-0.15, -0.1) is 0 Å². The van der Waals surface area contributed by atoms with E-state index in [1.807, 2.05) is 6.92 Å². The zero-order valence-corrected chi connectivity index (χ0v) is 12.2. The number of nitrogens with one attached hydrogen (secondary N) is 1. The molecule has 0 spiro atoms. The van der Waals surface area contributed by atoms with Crippen LogP contribution in [0.25, 0.3) is 0 Å². The van der Waals surface area contributed by atoms with Gasteiger partial charge < -0.3 is 4.74 Å². The first-order valence-corrected chi connectivity index (χ1v) is 7.00. The number of amides is 1. The smallest absolute Gasteiger partial charge is 0.415 e. The van der Waals surface area contributed by atoms with Crippen molar-refractivity contribution < 1.29 is 22.7 Å². The maximum Gasteiger partial charge on any atom is 0.445 e. The zero-order chi connectivity index (χ0) is 16.1. The summed E-state index contributed by atoms with van der Waals surface area (Å²) in [5, 5.41) is 2.34. The van der Waals surface area contributed by atoms with Crippen LogP contribution in [-0.2, 0) is 10.3 Å². The molecule has 1 aromatic rings. The minimum Gasteiger partial charge on any atom is -0.415 e. The monoisotopic (exact) mass is 329 g/mol. The third-order valence-corrected chi connectivity index (χ3v) is 4.02. The Morgan fingerprint density at radius 3 is 2.73 bits per heavy atom. The summed E-state index contributed by atoms with van der Waals surface area (Å²) in [4.78, 5) is 11.6. The Balaban J connectivity index is 2.18. The lowest BCUT2D eigenvalue weighted by Crippen LogP contribution is -2.49. The highest BCUT2D eigenvalue weighted by Crippen LogP contribution is 2.48. The van der Waals surface area contributed by atoms with E-state index in [0.29, 0.717) is 0 Å². The van der Waals surface area contributed by atoms with Crippen LogP contribution >= 0.6 is 11.6 Å². The number of benzene rings is 1. The molecule has 0 saturated heterocycles. The predicted molar refractivity (Wildman–Crippen MR) is 74.3 cm³/mol. The van der Waals surface area contributed by atoms with E-state index in [0.717, 1.165) is 12.5 Å². The van der Waals surface area contributed by atoms with Crippen molar-refractivity contribution in [3.05, 3.63) is 28.8 Å². The van der Waals surface area contributed by atoms with E-state index in [2.05, 4.69) is 21.9 Å². The summed E-state index contributed by atoms with van der Waals surface area (Å²) in [6.45, 7) is 1.90. The number of ether oxygens (including phenoxy) is 1. The van der Waals surface area contributed by atoms with Gasteiger partial charge in [0.25, 0.3) is 5.60 Å². The summed E-state index contributed by atoms with van der Waals surface area (Å²) in [7, 11) is 0. The van der Waals surface area contributed by atoms with Crippen LogP contribution in [0.1, 0.15) is 18.9 Å². The lowest BCUT2D eigenvalue weighted by atomic mass is 9.90. The number of carbonyl (C=O) groups excluding carboxylic acids is 1. The maximum absolute atomic E-state index is 13.7. The third-order valence-electron chi connectivity index (χ3n) is 3.79. The lowest BCUT2D eigenvalue weighted by Gasteiger charge is -2.35. The third kappa shape index (κ3) is 2.40. The topological polar surface area (TPSA) is 38.3 Å². The standard InChI is InChI=1S/C15H11ClF3NO2/c1-8-6-9(8)4-5-14(15(17,18)19)11-7-10(16)2-3-12(11)20-13(21)22-14/h2-3,7-9H,6H2,1H3,(H,20,21)/t8-,9-,14+/m1/s1. The number of hydrogen-bond acceptors (Lipinski definition) is 2. The van der Waals surface area contributed by atoms with Crippen molar-refractivity contribution in [2.24, 2.45) is 11.8 Å². The molecule has 3 atom stereocenters. The van der Waals surface area contributed by atoms with Crippen LogP contribution in [-0.4, -0.2) is 12.3 Å². The largest absolute Gasteiger partial charge is 0.445 e. The van der Waals surface area contributed by atoms with E-state index in [-0.39, 0.29) is 28.1 Å². The molecule has 1 aliphatic heterocycles. The summed E-state index contributed by atoms with van der Waals surface area (Å²) in [6, 6.07) is 3.82. The molecular formula is C15H11ClF3NO2. The van der Waals surface area contributed by atoms with Crippen molar-refractivity contribution in [1.82, 2.24) is 0 Å². The summed E-state index contributed by atoms with van der Waals surface area (Å²) in [5.74, 6) is 4.91. The Bertz CT molecular complexity index is 707. The fourth-order valence-corrected chi connectivity index (χ4v) is 2.51. The predicted octanol–water partition coefficient (Wildman–Crippen LogP) is 4.32. The van der Waals surface area contributed by atoms with Crippen molar-refractivity contribution in [1.29, 1.82) is 0 Å². The molecule has 1 saturated carbocycles. The summed E-state index contributed by atoms with van der Waals surface area (Å²) >= 11 is 5.80. The van der Waals surface area contributed by atoms with Gasteiger partial charge in [-0.1, -0.05) is 24.4 Å². The van der Waals surface area contributed by atoms with Gasteiger partial charge in [-0.25, -0.2) is 4.79 Å². The fourth-order valence-electron chi connectivity index (χ4n) is 2.34. The minimum atomic E-state index is -4.88. The molecule has 1 aromatic carbocycles. The molecule has 3 rings (SSSR count). The summed E-state index contributed by atoms with van der Waals surface area (Å²) in [6.07, 6.45) is -5.32. The molecule has 22 heavy (non-hydrogen) atoms. The number of alkyl halides is 3. The Labute approximate surface area is 129 Å². The van der Waals surface area contributed by atoms with Gasteiger partial charge in [0.2, 0.25) is 0 Å². The van der Waals surface area contributed by atoms with Crippen LogP contribution in [0.3, 0.4) is 0 Å². The van der Waals surface area contributed by atoms with Crippen molar-refractivity contribution in [2.45, 2.75) is 25.1 Å². The van der Waals surface area contributed by atoms with E-state index in [4.69, 9.17) is 11.6 Å². The van der Waals surface area contributed by atoms with Gasteiger partial charge in [0.05, 0.1) is 5.69 Å². The molecule has 1 heterocycles. The van der Waals surface area contributed by atoms with E-state index in [1.54, 1.807) is 0 Å². The Hall–Kier alpha value is -1.87. The lowest BCUT2D eigenvalue weighted by molar-refractivity contribution is -0.239. The first-order valence-electron chi connectivity index (χ1n) is 6.62. The van der Waals surface area contributed by atoms with E-state index in [1.165, 1.54) is 12.1 Å². The first-order chi connectivity index (χ1) is 10.2. The van der Waals surface area contributed by atoms with Crippen molar-refractivity contribution in [3.8, 4) is 11.8 Å². The zero-order valence-electron chi connectivity index (χ0n) is 11.4. The number of cyclic esters (lactones) is 1. The van der Waals surface area contributed by atoms with Crippen molar-refractivity contribution in [3.63, 3.8) is 0 Å². The molecule has 1 fully saturated rings. The van der Waals surface area contributed by atoms with Gasteiger partial charge in [-0.05, 0) is 36.5 Å². The fraction of sp³-hybridized carbons (Fsp3) is 0.400. The maximum atomic E-state index is 13.7. The van der Waals surface area contributed by atoms with Crippen molar-refractivity contribution >= 4 is 23.4 Å². The number of anilines is 1. The molecule has 0 aromatic heterocycles. The van der Waals surface area contributed by atoms with Crippen LogP contribution in [0.5, 0.6) is 0 Å². The highest BCUT2D eigenvalue weighted by molar-refractivity contribution is 6.30. The second-order valence-corrected chi connectivity index (χ2v) is 5.91. The SMILES string of the molecule is C[C@@H]1C[C@H]1C#C[C@]1(C(F)(F)F)OC(=O)Nc2ccc(Cl)cc21. The highest BCUT2D eigenvalue weighted by Gasteiger charge is 2.62. The van der Waals surface area contributed by atoms with Crippen molar-refractivity contribution in [2.75, 3.05) is 5.32 Å². The quantitative estimate of drug-likeness (QED) is 0.720. The van der Waals surface area contributed by atoms with E-state index >= 15 is 0 Å². The van der Waals surface area contributed by atoms with Gasteiger partial charge in [-0.2, -0.15) is 13.2 Å². The van der Waals surface area contributed by atoms with Gasteiger partial charge in [-0.3, -0.25) is 5.32 Å². The van der Waals surface area contributed by atoms with Crippen LogP contribution in [0.2, 0.25) is 5.02 Å².